The van der Waals surface area contributed by atoms with E-state index < -0.39 is 0 Å². The number of hydrogen-bond acceptors (Lipinski definition) is 0. The molecule has 0 aromatic heterocycles. The molecule has 0 saturated carbocycles. The molecule has 0 spiro atoms. The molecule has 17 heavy (non-hydrogen) atoms. The van der Waals surface area contributed by atoms with Crippen molar-refractivity contribution in [1.82, 2.24) is 0 Å². The van der Waals surface area contributed by atoms with Crippen molar-refractivity contribution < 1.29 is 0 Å². The van der Waals surface area contributed by atoms with Gasteiger partial charge in [-0.2, -0.15) is 0 Å². The first kappa shape index (κ1) is 16.5. The SMILES string of the molecule is C=C/C(=C\C=C(/C)Cl)C(CC(C)C)C(C)(C)C. The zero-order valence-electron chi connectivity index (χ0n) is 12.2. The summed E-state index contributed by atoms with van der Waals surface area (Å²) in [4.78, 5) is 0. The highest BCUT2D eigenvalue weighted by atomic mass is 35.5. The van der Waals surface area contributed by atoms with E-state index in [-0.39, 0.29) is 5.41 Å². The van der Waals surface area contributed by atoms with Gasteiger partial charge in [0.1, 0.15) is 0 Å². The molecule has 0 aliphatic carbocycles. The van der Waals surface area contributed by atoms with Crippen molar-refractivity contribution in [1.29, 1.82) is 0 Å². The minimum Gasteiger partial charge on any atom is -0.0988 e. The molecule has 0 aromatic carbocycles. The predicted molar refractivity (Wildman–Crippen MR) is 80.3 cm³/mol. The van der Waals surface area contributed by atoms with Gasteiger partial charge in [-0.3, -0.25) is 0 Å². The van der Waals surface area contributed by atoms with Gasteiger partial charge in [-0.25, -0.2) is 0 Å². The molecule has 0 aliphatic rings. The van der Waals surface area contributed by atoms with E-state index in [1.807, 2.05) is 19.1 Å². The van der Waals surface area contributed by atoms with Crippen LogP contribution in [0.4, 0.5) is 0 Å². The molecule has 0 rings (SSSR count). The van der Waals surface area contributed by atoms with Crippen LogP contribution >= 0.6 is 11.6 Å². The van der Waals surface area contributed by atoms with Crippen molar-refractivity contribution in [3.8, 4) is 0 Å². The third kappa shape index (κ3) is 6.73. The second-order valence-corrected chi connectivity index (χ2v) is 6.77. The van der Waals surface area contributed by atoms with Crippen LogP contribution in [0, 0.1) is 17.3 Å². The smallest absolute Gasteiger partial charge is 0.0150 e. The number of allylic oxidation sites excluding steroid dienone is 5. The zero-order chi connectivity index (χ0) is 13.6. The molecule has 0 heterocycles. The van der Waals surface area contributed by atoms with Gasteiger partial charge < -0.3 is 0 Å². The first-order valence-electron chi connectivity index (χ1n) is 6.35. The Balaban J connectivity index is 5.19. The van der Waals surface area contributed by atoms with Crippen LogP contribution in [-0.2, 0) is 0 Å². The molecule has 0 fully saturated rings. The Hall–Kier alpha value is -0.490. The molecule has 0 aliphatic heterocycles. The Morgan fingerprint density at radius 1 is 1.24 bits per heavy atom. The van der Waals surface area contributed by atoms with Gasteiger partial charge in [-0.05, 0) is 42.2 Å². The van der Waals surface area contributed by atoms with Crippen LogP contribution in [0.5, 0.6) is 0 Å². The van der Waals surface area contributed by atoms with Gasteiger partial charge >= 0.3 is 0 Å². The Morgan fingerprint density at radius 2 is 1.76 bits per heavy atom. The summed E-state index contributed by atoms with van der Waals surface area (Å²) in [6.45, 7) is 17.2. The number of rotatable bonds is 5. The molecule has 0 bridgehead atoms. The molecular weight excluding hydrogens is 228 g/mol. The van der Waals surface area contributed by atoms with Gasteiger partial charge in [0.15, 0.2) is 0 Å². The van der Waals surface area contributed by atoms with Crippen LogP contribution in [0.15, 0.2) is 35.4 Å². The first-order chi connectivity index (χ1) is 7.68. The van der Waals surface area contributed by atoms with Gasteiger partial charge in [-0.1, -0.05) is 65.0 Å². The van der Waals surface area contributed by atoms with E-state index in [1.165, 1.54) is 12.0 Å². The Kier molecular flexibility index (Phi) is 6.85. The summed E-state index contributed by atoms with van der Waals surface area (Å²) in [5.41, 5.74) is 1.53. The highest BCUT2D eigenvalue weighted by Gasteiger charge is 2.27. The monoisotopic (exact) mass is 254 g/mol. The Bertz CT molecular complexity index is 296. The molecule has 0 saturated heterocycles. The highest BCUT2D eigenvalue weighted by molar-refractivity contribution is 6.29. The summed E-state index contributed by atoms with van der Waals surface area (Å²) >= 11 is 5.89. The molecule has 0 aromatic rings. The van der Waals surface area contributed by atoms with E-state index >= 15 is 0 Å². The third-order valence-corrected chi connectivity index (χ3v) is 3.02. The molecule has 0 N–H and O–H groups in total. The average molecular weight is 255 g/mol. The molecular formula is C16H27Cl. The van der Waals surface area contributed by atoms with Crippen molar-refractivity contribution >= 4 is 11.6 Å². The predicted octanol–water partition coefficient (Wildman–Crippen LogP) is 5.95. The van der Waals surface area contributed by atoms with Crippen molar-refractivity contribution in [2.45, 2.75) is 48.0 Å². The Morgan fingerprint density at radius 3 is 2.06 bits per heavy atom. The van der Waals surface area contributed by atoms with Gasteiger partial charge in [-0.15, -0.1) is 0 Å². The largest absolute Gasteiger partial charge is 0.0988 e. The molecule has 0 amide bonds. The van der Waals surface area contributed by atoms with Gasteiger partial charge in [0.25, 0.3) is 0 Å². The third-order valence-electron chi connectivity index (χ3n) is 2.90. The van der Waals surface area contributed by atoms with Crippen molar-refractivity contribution in [3.63, 3.8) is 0 Å². The van der Waals surface area contributed by atoms with E-state index in [1.54, 1.807) is 0 Å². The van der Waals surface area contributed by atoms with Crippen molar-refractivity contribution in [2.75, 3.05) is 0 Å². The van der Waals surface area contributed by atoms with Crippen LogP contribution < -0.4 is 0 Å². The quantitative estimate of drug-likeness (QED) is 0.532. The summed E-state index contributed by atoms with van der Waals surface area (Å²) in [5.74, 6) is 1.20. The standard InChI is InChI=1S/C16H27Cl/c1-8-14(10-9-13(4)17)15(11-12(2)3)16(5,6)7/h8-10,12,15H,1,11H2,2-7H3/b13-9+,14-10+. The summed E-state index contributed by atoms with van der Waals surface area (Å²) in [5, 5.41) is 0.807. The fourth-order valence-corrected chi connectivity index (χ4v) is 2.06. The van der Waals surface area contributed by atoms with Crippen LogP contribution in [0.2, 0.25) is 0 Å². The van der Waals surface area contributed by atoms with Gasteiger partial charge in [0.05, 0.1) is 0 Å². The van der Waals surface area contributed by atoms with Gasteiger partial charge in [0, 0.05) is 5.03 Å². The molecule has 0 nitrogen and oxygen atoms in total. The Labute approximate surface area is 112 Å². The normalized spacial score (nSPS) is 16.2. The van der Waals surface area contributed by atoms with E-state index in [2.05, 4.69) is 47.3 Å². The fraction of sp³-hybridized carbons (Fsp3) is 0.625. The topological polar surface area (TPSA) is 0 Å². The molecule has 98 valence electrons. The lowest BCUT2D eigenvalue weighted by molar-refractivity contribution is 0.245. The first-order valence-corrected chi connectivity index (χ1v) is 6.72. The highest BCUT2D eigenvalue weighted by Crippen LogP contribution is 2.37. The molecule has 1 atom stereocenters. The minimum atomic E-state index is 0.248. The maximum absolute atomic E-state index is 5.89. The number of hydrogen-bond donors (Lipinski definition) is 0. The summed E-state index contributed by atoms with van der Waals surface area (Å²) in [6, 6.07) is 0. The summed E-state index contributed by atoms with van der Waals surface area (Å²) in [6.07, 6.45) is 7.20. The molecule has 1 unspecified atom stereocenters. The van der Waals surface area contributed by atoms with Gasteiger partial charge in [0.2, 0.25) is 0 Å². The summed E-state index contributed by atoms with van der Waals surface area (Å²) in [7, 11) is 0. The molecule has 1 heteroatoms. The maximum atomic E-state index is 5.89. The van der Waals surface area contributed by atoms with Crippen LogP contribution in [0.1, 0.15) is 48.0 Å². The summed E-state index contributed by atoms with van der Waals surface area (Å²) < 4.78 is 0. The minimum absolute atomic E-state index is 0.248. The van der Waals surface area contributed by atoms with Crippen molar-refractivity contribution in [2.24, 2.45) is 17.3 Å². The maximum Gasteiger partial charge on any atom is 0.0150 e. The average Bonchev–Trinajstić information content (AvgIpc) is 2.14. The lowest BCUT2D eigenvalue weighted by atomic mass is 9.72. The zero-order valence-corrected chi connectivity index (χ0v) is 12.9. The fourth-order valence-electron chi connectivity index (χ4n) is 2.00. The lowest BCUT2D eigenvalue weighted by Crippen LogP contribution is -2.23. The van der Waals surface area contributed by atoms with Crippen LogP contribution in [-0.4, -0.2) is 0 Å². The second-order valence-electron chi connectivity index (χ2n) is 6.17. The van der Waals surface area contributed by atoms with Crippen LogP contribution in [0.25, 0.3) is 0 Å². The lowest BCUT2D eigenvalue weighted by Gasteiger charge is -2.33. The van der Waals surface area contributed by atoms with E-state index in [9.17, 15) is 0 Å². The van der Waals surface area contributed by atoms with E-state index in [0.717, 1.165) is 5.03 Å². The van der Waals surface area contributed by atoms with Crippen molar-refractivity contribution in [3.05, 3.63) is 35.4 Å². The van der Waals surface area contributed by atoms with E-state index in [0.29, 0.717) is 11.8 Å². The van der Waals surface area contributed by atoms with E-state index in [4.69, 9.17) is 11.6 Å². The second kappa shape index (κ2) is 7.06. The van der Waals surface area contributed by atoms with Crippen LogP contribution in [0.3, 0.4) is 0 Å². The molecule has 0 radical (unpaired) electrons. The number of halogens is 1.